The molecule has 0 aromatic carbocycles. The molecule has 4 fully saturated rings. The van der Waals surface area contributed by atoms with E-state index in [0.29, 0.717) is 41.3 Å². The van der Waals surface area contributed by atoms with Gasteiger partial charge in [-0.05, 0) is 81.0 Å². The minimum absolute atomic E-state index is 0.0332. The van der Waals surface area contributed by atoms with Crippen LogP contribution in [0.5, 0.6) is 0 Å². The number of ketones is 2. The first kappa shape index (κ1) is 16.8. The minimum Gasteiger partial charge on any atom is -0.382 e. The van der Waals surface area contributed by atoms with Crippen LogP contribution in [0.15, 0.2) is 0 Å². The number of rotatable bonds is 1. The van der Waals surface area contributed by atoms with Crippen molar-refractivity contribution < 1.29 is 14.7 Å². The van der Waals surface area contributed by atoms with Crippen LogP contribution in [0.4, 0.5) is 0 Å². The summed E-state index contributed by atoms with van der Waals surface area (Å²) in [5, 5.41) is 11.2. The summed E-state index contributed by atoms with van der Waals surface area (Å²) in [6.45, 7) is 6.20. The number of carbonyl (C=O) groups excluding carboxylic acids is 2. The fourth-order valence-corrected chi connectivity index (χ4v) is 7.64. The highest BCUT2D eigenvalue weighted by atomic mass is 16.3. The van der Waals surface area contributed by atoms with E-state index in [4.69, 9.17) is 0 Å². The maximum absolute atomic E-state index is 12.2. The molecule has 4 aliphatic carbocycles. The Hall–Kier alpha value is -0.700. The minimum atomic E-state index is -1.11. The van der Waals surface area contributed by atoms with E-state index in [1.807, 2.05) is 0 Å². The number of aliphatic hydroxyl groups is 1. The summed E-state index contributed by atoms with van der Waals surface area (Å²) in [6.07, 6.45) is 8.67. The maximum Gasteiger partial charge on any atom is 0.161 e. The van der Waals surface area contributed by atoms with Crippen molar-refractivity contribution in [1.82, 2.24) is 0 Å². The first-order valence-electron chi connectivity index (χ1n) is 9.97. The van der Waals surface area contributed by atoms with Crippen molar-refractivity contribution in [2.24, 2.45) is 34.5 Å². The topological polar surface area (TPSA) is 54.4 Å². The zero-order valence-electron chi connectivity index (χ0n) is 15.4. The molecule has 3 heteroatoms. The average molecular weight is 332 g/mol. The van der Waals surface area contributed by atoms with Gasteiger partial charge in [0.2, 0.25) is 0 Å². The SMILES string of the molecule is CC(=O)[C@@]1(O)CC[C@H]2[C@@H]3CC[C@H]4CC(=O)CC[C@@]4(C)[C@H]3CC[C@@]21C. The molecule has 3 nitrogen and oxygen atoms in total. The van der Waals surface area contributed by atoms with E-state index in [1.54, 1.807) is 6.92 Å². The summed E-state index contributed by atoms with van der Waals surface area (Å²) in [5.41, 5.74) is -1.05. The van der Waals surface area contributed by atoms with Crippen molar-refractivity contribution in [2.45, 2.75) is 84.2 Å². The van der Waals surface area contributed by atoms with Crippen LogP contribution in [0.1, 0.15) is 78.6 Å². The van der Waals surface area contributed by atoms with Crippen molar-refractivity contribution in [3.8, 4) is 0 Å². The first-order valence-corrected chi connectivity index (χ1v) is 9.97. The van der Waals surface area contributed by atoms with Gasteiger partial charge in [0.25, 0.3) is 0 Å². The summed E-state index contributed by atoms with van der Waals surface area (Å²) in [5.74, 6) is 2.78. The Balaban J connectivity index is 1.66. The molecular formula is C21H32O3. The van der Waals surface area contributed by atoms with Crippen molar-refractivity contribution in [2.75, 3.05) is 0 Å². The highest BCUT2D eigenvalue weighted by Gasteiger charge is 2.65. The number of hydrogen-bond donors (Lipinski definition) is 1. The second kappa shape index (κ2) is 5.16. The van der Waals surface area contributed by atoms with E-state index < -0.39 is 5.60 Å². The predicted molar refractivity (Wildman–Crippen MR) is 92.4 cm³/mol. The molecular weight excluding hydrogens is 300 g/mol. The highest BCUT2D eigenvalue weighted by Crippen LogP contribution is 2.68. The summed E-state index contributed by atoms with van der Waals surface area (Å²) < 4.78 is 0. The molecule has 134 valence electrons. The van der Waals surface area contributed by atoms with Gasteiger partial charge in [-0.3, -0.25) is 9.59 Å². The van der Waals surface area contributed by atoms with Gasteiger partial charge in [0.05, 0.1) is 0 Å². The molecule has 0 radical (unpaired) electrons. The molecule has 1 N–H and O–H groups in total. The van der Waals surface area contributed by atoms with Crippen LogP contribution < -0.4 is 0 Å². The van der Waals surface area contributed by atoms with Crippen LogP contribution in [0, 0.1) is 34.5 Å². The van der Waals surface area contributed by atoms with Gasteiger partial charge < -0.3 is 5.11 Å². The fraction of sp³-hybridized carbons (Fsp3) is 0.905. The molecule has 0 aromatic rings. The van der Waals surface area contributed by atoms with E-state index in [2.05, 4.69) is 13.8 Å². The lowest BCUT2D eigenvalue weighted by molar-refractivity contribution is -0.169. The van der Waals surface area contributed by atoms with Crippen LogP contribution in [0.2, 0.25) is 0 Å². The molecule has 7 atom stereocenters. The van der Waals surface area contributed by atoms with Gasteiger partial charge >= 0.3 is 0 Å². The molecule has 24 heavy (non-hydrogen) atoms. The second-order valence-electron chi connectivity index (χ2n) is 9.81. The van der Waals surface area contributed by atoms with Gasteiger partial charge in [-0.1, -0.05) is 13.8 Å². The zero-order valence-corrected chi connectivity index (χ0v) is 15.4. The molecule has 0 aliphatic heterocycles. The molecule has 0 spiro atoms. The quantitative estimate of drug-likeness (QED) is 0.792. The van der Waals surface area contributed by atoms with E-state index in [0.717, 1.165) is 44.9 Å². The van der Waals surface area contributed by atoms with E-state index >= 15 is 0 Å². The third-order valence-electron chi connectivity index (χ3n) is 9.22. The molecule has 0 amide bonds. The lowest BCUT2D eigenvalue weighted by Crippen LogP contribution is -2.58. The van der Waals surface area contributed by atoms with Gasteiger partial charge in [-0.15, -0.1) is 0 Å². The third-order valence-corrected chi connectivity index (χ3v) is 9.22. The Morgan fingerprint density at radius 3 is 2.46 bits per heavy atom. The lowest BCUT2D eigenvalue weighted by atomic mass is 9.44. The zero-order chi connectivity index (χ0) is 17.3. The monoisotopic (exact) mass is 332 g/mol. The Labute approximate surface area is 145 Å². The number of fused-ring (bicyclic) bond motifs is 5. The van der Waals surface area contributed by atoms with Gasteiger partial charge in [-0.25, -0.2) is 0 Å². The lowest BCUT2D eigenvalue weighted by Gasteiger charge is -2.60. The number of carbonyl (C=O) groups is 2. The highest BCUT2D eigenvalue weighted by molar-refractivity contribution is 5.86. The van der Waals surface area contributed by atoms with Gasteiger partial charge in [0.15, 0.2) is 5.78 Å². The summed E-state index contributed by atoms with van der Waals surface area (Å²) in [7, 11) is 0. The Morgan fingerprint density at radius 1 is 1.04 bits per heavy atom. The normalized spacial score (nSPS) is 53.9. The van der Waals surface area contributed by atoms with Gasteiger partial charge in [0.1, 0.15) is 11.4 Å². The third kappa shape index (κ3) is 1.94. The summed E-state index contributed by atoms with van der Waals surface area (Å²) >= 11 is 0. The van der Waals surface area contributed by atoms with Crippen LogP contribution in [-0.2, 0) is 9.59 Å². The average Bonchev–Trinajstić information content (AvgIpc) is 2.81. The van der Waals surface area contributed by atoms with Crippen LogP contribution >= 0.6 is 0 Å². The van der Waals surface area contributed by atoms with Crippen molar-refractivity contribution in [3.05, 3.63) is 0 Å². The second-order valence-corrected chi connectivity index (χ2v) is 9.81. The van der Waals surface area contributed by atoms with Gasteiger partial charge in [-0.2, -0.15) is 0 Å². The smallest absolute Gasteiger partial charge is 0.161 e. The van der Waals surface area contributed by atoms with E-state index in [9.17, 15) is 14.7 Å². The molecule has 0 saturated heterocycles. The molecule has 4 aliphatic rings. The number of Topliss-reactive ketones (excluding diaryl/α,β-unsaturated/α-hetero) is 2. The molecule has 0 heterocycles. The molecule has 4 saturated carbocycles. The molecule has 0 unspecified atom stereocenters. The Morgan fingerprint density at radius 2 is 1.75 bits per heavy atom. The van der Waals surface area contributed by atoms with Crippen molar-refractivity contribution in [1.29, 1.82) is 0 Å². The predicted octanol–water partition coefficient (Wildman–Crippen LogP) is 3.92. The van der Waals surface area contributed by atoms with E-state index in [-0.39, 0.29) is 11.2 Å². The van der Waals surface area contributed by atoms with Gasteiger partial charge in [0, 0.05) is 18.3 Å². The maximum atomic E-state index is 12.2. The van der Waals surface area contributed by atoms with E-state index in [1.165, 1.54) is 6.42 Å². The Bertz CT molecular complexity index is 584. The van der Waals surface area contributed by atoms with Crippen molar-refractivity contribution in [3.63, 3.8) is 0 Å². The fourth-order valence-electron chi connectivity index (χ4n) is 7.64. The van der Waals surface area contributed by atoms with Crippen LogP contribution in [0.25, 0.3) is 0 Å². The largest absolute Gasteiger partial charge is 0.382 e. The van der Waals surface area contributed by atoms with Crippen LogP contribution in [-0.4, -0.2) is 22.3 Å². The standard InChI is InChI=1S/C21H32O3/c1-13(22)21(24)11-8-18-16-5-4-14-12-15(23)6-9-19(14,2)17(16)7-10-20(18,21)3/h14,16-18,24H,4-12H2,1-3H3/t14-,16+,17-,18-,19+,20-,21-/m0/s1. The molecule has 4 rings (SSSR count). The van der Waals surface area contributed by atoms with Crippen molar-refractivity contribution >= 4 is 11.6 Å². The molecule has 0 aromatic heterocycles. The summed E-state index contributed by atoms with van der Waals surface area (Å²) in [4.78, 5) is 24.2. The Kier molecular flexibility index (Phi) is 3.60. The van der Waals surface area contributed by atoms with Crippen LogP contribution in [0.3, 0.4) is 0 Å². The number of hydrogen-bond acceptors (Lipinski definition) is 3. The first-order chi connectivity index (χ1) is 11.2. The molecule has 0 bridgehead atoms. The summed E-state index contributed by atoms with van der Waals surface area (Å²) in [6, 6.07) is 0.